The van der Waals surface area contributed by atoms with Crippen LogP contribution in [0.1, 0.15) is 24.5 Å². The van der Waals surface area contributed by atoms with E-state index < -0.39 is 0 Å². The summed E-state index contributed by atoms with van der Waals surface area (Å²) < 4.78 is 5.61. The molecule has 0 aliphatic carbocycles. The van der Waals surface area contributed by atoms with E-state index in [1.54, 1.807) is 0 Å². The molecule has 2 aromatic rings. The summed E-state index contributed by atoms with van der Waals surface area (Å²) in [5, 5.41) is 0. The summed E-state index contributed by atoms with van der Waals surface area (Å²) >= 11 is 0. The van der Waals surface area contributed by atoms with Crippen molar-refractivity contribution >= 4 is 0 Å². The maximum Gasteiger partial charge on any atom is 0.149 e. The second-order valence-electron chi connectivity index (χ2n) is 5.12. The van der Waals surface area contributed by atoms with Gasteiger partial charge in [-0.15, -0.1) is 0 Å². The van der Waals surface area contributed by atoms with Crippen LogP contribution in [0, 0.1) is 11.8 Å². The molecule has 0 heterocycles. The Labute approximate surface area is 126 Å². The third kappa shape index (κ3) is 5.72. The van der Waals surface area contributed by atoms with Crippen LogP contribution < -0.4 is 10.5 Å². The second-order valence-corrected chi connectivity index (χ2v) is 5.12. The molecule has 21 heavy (non-hydrogen) atoms. The molecule has 108 valence electrons. The Balaban J connectivity index is 1.80. The average molecular weight is 279 g/mol. The highest BCUT2D eigenvalue weighted by atomic mass is 16.5. The van der Waals surface area contributed by atoms with Gasteiger partial charge in [0.05, 0.1) is 0 Å². The van der Waals surface area contributed by atoms with Crippen molar-refractivity contribution in [2.24, 2.45) is 5.73 Å². The van der Waals surface area contributed by atoms with Gasteiger partial charge in [0.1, 0.15) is 12.4 Å². The third-order valence-electron chi connectivity index (χ3n) is 3.13. The SMILES string of the molecule is CC(N)CCc1ccc(OCC#Cc2ccccc2)cc1. The van der Waals surface area contributed by atoms with Gasteiger partial charge in [-0.3, -0.25) is 0 Å². The fourth-order valence-corrected chi connectivity index (χ4v) is 1.93. The van der Waals surface area contributed by atoms with Crippen LogP contribution in [0.25, 0.3) is 0 Å². The molecule has 2 N–H and O–H groups in total. The van der Waals surface area contributed by atoms with Gasteiger partial charge >= 0.3 is 0 Å². The molecular weight excluding hydrogens is 258 g/mol. The minimum atomic E-state index is 0.245. The summed E-state index contributed by atoms with van der Waals surface area (Å²) in [6, 6.07) is 18.3. The fourth-order valence-electron chi connectivity index (χ4n) is 1.93. The summed E-state index contributed by atoms with van der Waals surface area (Å²) in [6.07, 6.45) is 2.01. The molecule has 0 aliphatic rings. The van der Waals surface area contributed by atoms with Crippen LogP contribution in [0.4, 0.5) is 0 Å². The Morgan fingerprint density at radius 3 is 2.43 bits per heavy atom. The van der Waals surface area contributed by atoms with Gasteiger partial charge in [0, 0.05) is 11.6 Å². The van der Waals surface area contributed by atoms with Crippen molar-refractivity contribution in [3.05, 3.63) is 65.7 Å². The summed E-state index contributed by atoms with van der Waals surface area (Å²) in [7, 11) is 0. The van der Waals surface area contributed by atoms with E-state index >= 15 is 0 Å². The first-order chi connectivity index (χ1) is 10.2. The standard InChI is InChI=1S/C19H21NO/c1-16(20)9-10-18-11-13-19(14-12-18)21-15-5-8-17-6-3-2-4-7-17/h2-4,6-7,11-14,16H,9-10,15,20H2,1H3. The maximum atomic E-state index is 5.76. The highest BCUT2D eigenvalue weighted by Gasteiger charge is 1.98. The molecule has 2 nitrogen and oxygen atoms in total. The Morgan fingerprint density at radius 1 is 1.05 bits per heavy atom. The molecule has 1 atom stereocenters. The molecule has 0 saturated heterocycles. The predicted octanol–water partition coefficient (Wildman–Crippen LogP) is 3.40. The topological polar surface area (TPSA) is 35.2 Å². The largest absolute Gasteiger partial charge is 0.481 e. The molecule has 0 fully saturated rings. The van der Waals surface area contributed by atoms with Crippen molar-refractivity contribution in [2.45, 2.75) is 25.8 Å². The molecule has 0 aromatic heterocycles. The molecule has 0 bridgehead atoms. The van der Waals surface area contributed by atoms with E-state index in [4.69, 9.17) is 10.5 Å². The van der Waals surface area contributed by atoms with Crippen molar-refractivity contribution < 1.29 is 4.74 Å². The smallest absolute Gasteiger partial charge is 0.149 e. The number of rotatable bonds is 5. The van der Waals surface area contributed by atoms with Crippen molar-refractivity contribution in [1.82, 2.24) is 0 Å². The van der Waals surface area contributed by atoms with Crippen LogP contribution >= 0.6 is 0 Å². The Morgan fingerprint density at radius 2 is 1.76 bits per heavy atom. The first-order valence-corrected chi connectivity index (χ1v) is 7.25. The Hall–Kier alpha value is -2.24. The summed E-state index contributed by atoms with van der Waals surface area (Å²) in [4.78, 5) is 0. The minimum Gasteiger partial charge on any atom is -0.481 e. The third-order valence-corrected chi connectivity index (χ3v) is 3.13. The van der Waals surface area contributed by atoms with Crippen LogP contribution in [0.3, 0.4) is 0 Å². The van der Waals surface area contributed by atoms with E-state index in [0.717, 1.165) is 24.2 Å². The molecule has 1 unspecified atom stereocenters. The summed E-state index contributed by atoms with van der Waals surface area (Å²) in [5.74, 6) is 6.94. The van der Waals surface area contributed by atoms with Gasteiger partial charge in [0.15, 0.2) is 0 Å². The van der Waals surface area contributed by atoms with Gasteiger partial charge in [0.2, 0.25) is 0 Å². The van der Waals surface area contributed by atoms with Crippen molar-refractivity contribution in [3.63, 3.8) is 0 Å². The molecule has 0 radical (unpaired) electrons. The number of nitrogens with two attached hydrogens (primary N) is 1. The van der Waals surface area contributed by atoms with Gasteiger partial charge in [-0.1, -0.05) is 42.2 Å². The van der Waals surface area contributed by atoms with E-state index in [1.807, 2.05) is 49.4 Å². The van der Waals surface area contributed by atoms with Crippen LogP contribution in [0.5, 0.6) is 5.75 Å². The highest BCUT2D eigenvalue weighted by Crippen LogP contribution is 2.13. The summed E-state index contributed by atoms with van der Waals surface area (Å²) in [5.41, 5.74) is 8.05. The molecule has 2 rings (SSSR count). The predicted molar refractivity (Wildman–Crippen MR) is 87.2 cm³/mol. The lowest BCUT2D eigenvalue weighted by Crippen LogP contribution is -2.15. The van der Waals surface area contributed by atoms with Crippen LogP contribution in [0.15, 0.2) is 54.6 Å². The number of benzene rings is 2. The number of hydrogen-bond acceptors (Lipinski definition) is 2. The maximum absolute atomic E-state index is 5.76. The molecule has 0 saturated carbocycles. The van der Waals surface area contributed by atoms with E-state index in [9.17, 15) is 0 Å². The minimum absolute atomic E-state index is 0.245. The zero-order valence-corrected chi connectivity index (χ0v) is 12.4. The van der Waals surface area contributed by atoms with E-state index in [0.29, 0.717) is 6.61 Å². The lowest BCUT2D eigenvalue weighted by Gasteiger charge is -2.06. The number of aryl methyl sites for hydroxylation is 1. The lowest BCUT2D eigenvalue weighted by molar-refractivity contribution is 0.370. The number of ether oxygens (including phenoxy) is 1. The molecule has 0 amide bonds. The normalized spacial score (nSPS) is 11.3. The molecule has 2 aromatic carbocycles. The van der Waals surface area contributed by atoms with Crippen LogP contribution in [0.2, 0.25) is 0 Å². The Kier molecular flexibility index (Phi) is 5.87. The zero-order chi connectivity index (χ0) is 14.9. The number of hydrogen-bond donors (Lipinski definition) is 1. The molecular formula is C19H21NO. The van der Waals surface area contributed by atoms with Crippen LogP contribution in [-0.4, -0.2) is 12.6 Å². The Bertz CT molecular complexity index is 591. The average Bonchev–Trinajstić information content (AvgIpc) is 2.52. The van der Waals surface area contributed by atoms with Gasteiger partial charge in [-0.25, -0.2) is 0 Å². The quantitative estimate of drug-likeness (QED) is 0.851. The van der Waals surface area contributed by atoms with E-state index in [1.165, 1.54) is 5.56 Å². The van der Waals surface area contributed by atoms with E-state index in [-0.39, 0.29) is 6.04 Å². The van der Waals surface area contributed by atoms with Crippen LogP contribution in [-0.2, 0) is 6.42 Å². The van der Waals surface area contributed by atoms with E-state index in [2.05, 4.69) is 24.0 Å². The first-order valence-electron chi connectivity index (χ1n) is 7.25. The van der Waals surface area contributed by atoms with Gasteiger partial charge < -0.3 is 10.5 Å². The van der Waals surface area contributed by atoms with Crippen molar-refractivity contribution in [3.8, 4) is 17.6 Å². The summed E-state index contributed by atoms with van der Waals surface area (Å²) in [6.45, 7) is 2.43. The fraction of sp³-hybridized carbons (Fsp3) is 0.263. The second kappa shape index (κ2) is 8.14. The van der Waals surface area contributed by atoms with Crippen molar-refractivity contribution in [1.29, 1.82) is 0 Å². The zero-order valence-electron chi connectivity index (χ0n) is 12.4. The van der Waals surface area contributed by atoms with Gasteiger partial charge in [0.25, 0.3) is 0 Å². The highest BCUT2D eigenvalue weighted by molar-refractivity contribution is 5.34. The monoisotopic (exact) mass is 279 g/mol. The van der Waals surface area contributed by atoms with Gasteiger partial charge in [-0.2, -0.15) is 0 Å². The molecule has 0 spiro atoms. The molecule has 0 aliphatic heterocycles. The first kappa shape index (κ1) is 15.2. The van der Waals surface area contributed by atoms with Gasteiger partial charge in [-0.05, 0) is 49.6 Å². The molecule has 2 heteroatoms. The lowest BCUT2D eigenvalue weighted by atomic mass is 10.1. The van der Waals surface area contributed by atoms with Crippen molar-refractivity contribution in [2.75, 3.05) is 6.61 Å².